The average Bonchev–Trinajstić information content (AvgIpc) is 3.30. The van der Waals surface area contributed by atoms with Crippen molar-refractivity contribution in [2.24, 2.45) is 17.6 Å². The third-order valence-corrected chi connectivity index (χ3v) is 8.59. The van der Waals surface area contributed by atoms with E-state index in [1.165, 1.54) is 6.07 Å². The number of ketones is 2. The number of benzene rings is 2. The molecule has 0 saturated heterocycles. The maximum Gasteiger partial charge on any atom is 0.255 e. The van der Waals surface area contributed by atoms with Crippen molar-refractivity contribution in [1.29, 1.82) is 0 Å². The van der Waals surface area contributed by atoms with Crippen molar-refractivity contribution in [3.05, 3.63) is 86.9 Å². The molecule has 9 heteroatoms. The number of hydrogen-bond donors (Lipinski definition) is 6. The summed E-state index contributed by atoms with van der Waals surface area (Å²) in [6, 6.07) is 10.9. The van der Waals surface area contributed by atoms with Gasteiger partial charge in [-0.1, -0.05) is 43.3 Å². The second-order valence-corrected chi connectivity index (χ2v) is 10.5. The summed E-state index contributed by atoms with van der Waals surface area (Å²) in [4.78, 5) is 38.9. The van der Waals surface area contributed by atoms with Gasteiger partial charge < -0.3 is 31.3 Å². The maximum absolute atomic E-state index is 13.9. The summed E-state index contributed by atoms with van der Waals surface area (Å²) in [7, 11) is 0. The average molecular weight is 516 g/mol. The highest BCUT2D eigenvalue weighted by molar-refractivity contribution is 6.24. The van der Waals surface area contributed by atoms with Gasteiger partial charge in [0.05, 0.1) is 11.7 Å². The number of phenolic OH excluding ortho intramolecular Hbond substituents is 1. The molecule has 7 N–H and O–H groups in total. The van der Waals surface area contributed by atoms with Crippen molar-refractivity contribution < 1.29 is 39.9 Å². The number of rotatable bonds is 2. The van der Waals surface area contributed by atoms with Gasteiger partial charge in [-0.3, -0.25) is 14.4 Å². The van der Waals surface area contributed by atoms with Gasteiger partial charge in [-0.25, -0.2) is 0 Å². The largest absolute Gasteiger partial charge is 0.511 e. The van der Waals surface area contributed by atoms with Crippen LogP contribution in [0.15, 0.2) is 59.1 Å². The Kier molecular flexibility index (Phi) is 5.02. The Morgan fingerprint density at radius 2 is 1.79 bits per heavy atom. The number of phenols is 1. The summed E-state index contributed by atoms with van der Waals surface area (Å²) in [5, 5.41) is 55.3. The quantitative estimate of drug-likeness (QED) is 0.330. The van der Waals surface area contributed by atoms with Crippen molar-refractivity contribution in [2.75, 3.05) is 0 Å². The van der Waals surface area contributed by atoms with Crippen molar-refractivity contribution in [2.45, 2.75) is 37.4 Å². The van der Waals surface area contributed by atoms with Crippen LogP contribution in [-0.4, -0.2) is 54.7 Å². The molecule has 0 fully saturated rings. The van der Waals surface area contributed by atoms with E-state index in [-0.39, 0.29) is 11.3 Å². The minimum Gasteiger partial charge on any atom is -0.511 e. The highest BCUT2D eigenvalue weighted by atomic mass is 16.4. The number of aliphatic hydroxyl groups is 4. The third-order valence-electron chi connectivity index (χ3n) is 8.59. The van der Waals surface area contributed by atoms with Crippen LogP contribution in [0, 0.1) is 11.8 Å². The number of allylic oxidation sites excluding steroid dienone is 2. The number of nitrogens with two attached hydrogens (primary N) is 1. The standard InChI is InChI=1S/C29H25NO8/c1-11-19-15(14-8-12-4-2-3-5-13(12)9-14)6-7-17(31)21(19)25(34)23-20(11)24(33)16-10-18(32)22(28(30)37)26(35)29(16,38)27(23)36/h2-8,11,16,20,24,31-33,36,38H,9-10H2,1H3,(H2,30,37)/t11-,16+,20+,24+,29+/m0/s1. The van der Waals surface area contributed by atoms with E-state index < -0.39 is 76.0 Å². The molecular weight excluding hydrogens is 490 g/mol. The van der Waals surface area contributed by atoms with Gasteiger partial charge in [0.15, 0.2) is 11.4 Å². The van der Waals surface area contributed by atoms with Gasteiger partial charge in [-0.05, 0) is 46.2 Å². The molecule has 0 spiro atoms. The van der Waals surface area contributed by atoms with Gasteiger partial charge in [0.2, 0.25) is 5.78 Å². The molecule has 4 aliphatic rings. The fourth-order valence-electron chi connectivity index (χ4n) is 6.81. The topological polar surface area (TPSA) is 178 Å². The molecule has 2 aromatic carbocycles. The lowest BCUT2D eigenvalue weighted by atomic mass is 9.56. The Balaban J connectivity index is 1.55. The minimum atomic E-state index is -2.85. The van der Waals surface area contributed by atoms with E-state index in [1.807, 2.05) is 30.3 Å². The van der Waals surface area contributed by atoms with Gasteiger partial charge in [-0.15, -0.1) is 0 Å². The van der Waals surface area contributed by atoms with E-state index in [9.17, 15) is 39.9 Å². The smallest absolute Gasteiger partial charge is 0.255 e. The van der Waals surface area contributed by atoms with E-state index in [0.29, 0.717) is 17.5 Å². The highest BCUT2D eigenvalue weighted by Crippen LogP contribution is 2.56. The lowest BCUT2D eigenvalue weighted by Gasteiger charge is -2.50. The molecule has 6 rings (SSSR count). The number of primary amides is 1. The summed E-state index contributed by atoms with van der Waals surface area (Å²) >= 11 is 0. The highest BCUT2D eigenvalue weighted by Gasteiger charge is 2.64. The van der Waals surface area contributed by atoms with Crippen molar-refractivity contribution in [3.8, 4) is 5.75 Å². The number of carbonyl (C=O) groups is 3. The maximum atomic E-state index is 13.9. The second-order valence-electron chi connectivity index (χ2n) is 10.5. The molecule has 9 nitrogen and oxygen atoms in total. The van der Waals surface area contributed by atoms with Crippen LogP contribution >= 0.6 is 0 Å². The van der Waals surface area contributed by atoms with Crippen LogP contribution in [0.1, 0.15) is 51.9 Å². The minimum absolute atomic E-state index is 0.0873. The number of fused-ring (bicyclic) bond motifs is 4. The normalized spacial score (nSPS) is 29.9. The van der Waals surface area contributed by atoms with Crippen molar-refractivity contribution >= 4 is 29.1 Å². The van der Waals surface area contributed by atoms with Crippen LogP contribution in [0.5, 0.6) is 5.75 Å². The summed E-state index contributed by atoms with van der Waals surface area (Å²) in [6.45, 7) is 1.73. The summed E-state index contributed by atoms with van der Waals surface area (Å²) in [6.07, 6.45) is 0.521. The number of carbonyl (C=O) groups excluding carboxylic acids is 3. The first-order chi connectivity index (χ1) is 18.0. The molecule has 0 saturated carbocycles. The second kappa shape index (κ2) is 7.89. The van der Waals surface area contributed by atoms with Gasteiger partial charge in [0, 0.05) is 23.8 Å². The summed E-state index contributed by atoms with van der Waals surface area (Å²) in [5.74, 6) is -8.75. The lowest BCUT2D eigenvalue weighted by Crippen LogP contribution is -2.62. The third kappa shape index (κ3) is 2.91. The Morgan fingerprint density at radius 3 is 2.47 bits per heavy atom. The van der Waals surface area contributed by atoms with Crippen LogP contribution in [0.4, 0.5) is 0 Å². The zero-order chi connectivity index (χ0) is 27.3. The van der Waals surface area contributed by atoms with Gasteiger partial charge in [-0.2, -0.15) is 0 Å². The fraction of sp³-hybridized carbons (Fsp3) is 0.276. The van der Waals surface area contributed by atoms with E-state index in [0.717, 1.165) is 16.7 Å². The molecule has 0 aromatic heterocycles. The first kappa shape index (κ1) is 24.1. The Morgan fingerprint density at radius 1 is 1.08 bits per heavy atom. The Labute approximate surface area is 216 Å². The monoisotopic (exact) mass is 515 g/mol. The van der Waals surface area contributed by atoms with E-state index in [2.05, 4.69) is 0 Å². The van der Waals surface area contributed by atoms with Crippen molar-refractivity contribution in [3.63, 3.8) is 0 Å². The first-order valence-corrected chi connectivity index (χ1v) is 12.3. The number of aromatic hydroxyl groups is 1. The number of aliphatic hydroxyl groups excluding tert-OH is 3. The molecule has 4 aliphatic carbocycles. The Hall–Kier alpha value is -4.21. The van der Waals surface area contributed by atoms with Crippen LogP contribution in [0.2, 0.25) is 0 Å². The van der Waals surface area contributed by atoms with Crippen LogP contribution in [0.25, 0.3) is 11.6 Å². The number of Topliss-reactive ketones (excluding diaryl/α,β-unsaturated/α-hetero) is 2. The van der Waals surface area contributed by atoms with Crippen LogP contribution in [0.3, 0.4) is 0 Å². The lowest BCUT2D eigenvalue weighted by molar-refractivity contribution is -0.154. The molecule has 1 amide bonds. The zero-order valence-electron chi connectivity index (χ0n) is 20.3. The van der Waals surface area contributed by atoms with Crippen LogP contribution in [-0.2, 0) is 16.0 Å². The summed E-state index contributed by atoms with van der Waals surface area (Å²) < 4.78 is 0. The molecule has 194 valence electrons. The molecule has 0 radical (unpaired) electrons. The zero-order valence-corrected chi connectivity index (χ0v) is 20.3. The van der Waals surface area contributed by atoms with E-state index in [1.54, 1.807) is 13.0 Å². The summed E-state index contributed by atoms with van der Waals surface area (Å²) in [5.41, 5.74) is 5.24. The fourth-order valence-corrected chi connectivity index (χ4v) is 6.81. The van der Waals surface area contributed by atoms with Gasteiger partial charge >= 0.3 is 0 Å². The number of hydrogen-bond acceptors (Lipinski definition) is 8. The molecule has 38 heavy (non-hydrogen) atoms. The molecule has 0 bridgehead atoms. The molecule has 5 atom stereocenters. The van der Waals surface area contributed by atoms with E-state index in [4.69, 9.17) is 5.73 Å². The van der Waals surface area contributed by atoms with E-state index >= 15 is 0 Å². The molecule has 2 aromatic rings. The SMILES string of the molecule is C[C@H]1c2c(C3=Cc4ccccc4C3)ccc(O)c2C(=O)C2=C(O)[C@]3(O)C(=O)C(C(N)=O)=C(O)C[C@@H]3[C@@H](O)[C@@H]21. The molecule has 0 unspecified atom stereocenters. The Bertz CT molecular complexity index is 1580. The first-order valence-electron chi connectivity index (χ1n) is 12.3. The predicted molar refractivity (Wildman–Crippen MR) is 135 cm³/mol. The molecule has 0 heterocycles. The van der Waals surface area contributed by atoms with Crippen molar-refractivity contribution in [1.82, 2.24) is 0 Å². The van der Waals surface area contributed by atoms with Gasteiger partial charge in [0.25, 0.3) is 5.91 Å². The predicted octanol–water partition coefficient (Wildman–Crippen LogP) is 2.21. The van der Waals surface area contributed by atoms with Gasteiger partial charge in [0.1, 0.15) is 22.8 Å². The molecular formula is C29H25NO8. The van der Waals surface area contributed by atoms with Crippen LogP contribution < -0.4 is 5.73 Å². The number of amides is 1. The molecule has 0 aliphatic heterocycles.